The number of hydrogen-bond donors (Lipinski definition) is 2. The number of nitrogens with one attached hydrogen (secondary N) is 2. The number of amides is 3. The maximum atomic E-state index is 13.2. The van der Waals surface area contributed by atoms with Crippen LogP contribution in [0.2, 0.25) is 0 Å². The highest BCUT2D eigenvalue weighted by Crippen LogP contribution is 2.33. The Morgan fingerprint density at radius 3 is 2.56 bits per heavy atom. The largest absolute Gasteiger partial charge is 0.329 e. The van der Waals surface area contributed by atoms with Gasteiger partial charge in [-0.25, -0.2) is 9.69 Å². The van der Waals surface area contributed by atoms with E-state index in [-0.39, 0.29) is 11.9 Å². The van der Waals surface area contributed by atoms with Gasteiger partial charge >= 0.3 is 6.03 Å². The number of urea groups is 1. The van der Waals surface area contributed by atoms with E-state index in [9.17, 15) is 9.59 Å². The molecule has 0 aliphatic carbocycles. The molecule has 2 aliphatic rings. The highest BCUT2D eigenvalue weighted by atomic mass is 16.2. The van der Waals surface area contributed by atoms with Crippen LogP contribution in [0.1, 0.15) is 31.7 Å². The van der Waals surface area contributed by atoms with Gasteiger partial charge in [-0.15, -0.1) is 0 Å². The molecule has 0 bridgehead atoms. The van der Waals surface area contributed by atoms with E-state index in [0.29, 0.717) is 6.67 Å². The van der Waals surface area contributed by atoms with Crippen LogP contribution < -0.4 is 10.2 Å². The second-order valence-electron chi connectivity index (χ2n) is 7.28. The summed E-state index contributed by atoms with van der Waals surface area (Å²) >= 11 is 0. The lowest BCUT2D eigenvalue weighted by atomic mass is 9.88. The van der Waals surface area contributed by atoms with Gasteiger partial charge in [0.2, 0.25) is 0 Å². The highest BCUT2D eigenvalue weighted by molar-refractivity contribution is 6.09. The van der Waals surface area contributed by atoms with Gasteiger partial charge < -0.3 is 10.2 Å². The van der Waals surface area contributed by atoms with Gasteiger partial charge in [-0.05, 0) is 42.5 Å². The SMILES string of the molecule is C[C@]1(c2cccc3ccccc23)NC(=O)N(C[NH+]2CCCCC2)C1=O. The molecule has 0 aromatic heterocycles. The average molecular weight is 338 g/mol. The van der Waals surface area contributed by atoms with Crippen LogP contribution in [-0.2, 0) is 10.3 Å². The van der Waals surface area contributed by atoms with Crippen molar-refractivity contribution in [2.75, 3.05) is 19.8 Å². The van der Waals surface area contributed by atoms with Gasteiger partial charge in [0, 0.05) is 0 Å². The Hall–Kier alpha value is -2.40. The van der Waals surface area contributed by atoms with Crippen molar-refractivity contribution in [3.63, 3.8) is 0 Å². The minimum atomic E-state index is -1.01. The maximum absolute atomic E-state index is 13.2. The number of carbonyl (C=O) groups is 2. The van der Waals surface area contributed by atoms with Gasteiger partial charge in [0.25, 0.3) is 5.91 Å². The number of piperidine rings is 1. The lowest BCUT2D eigenvalue weighted by molar-refractivity contribution is -0.912. The molecule has 2 aromatic carbocycles. The molecule has 3 amide bonds. The monoisotopic (exact) mass is 338 g/mol. The quantitative estimate of drug-likeness (QED) is 0.836. The summed E-state index contributed by atoms with van der Waals surface area (Å²) in [7, 11) is 0. The average Bonchev–Trinajstić information content (AvgIpc) is 2.86. The minimum Gasteiger partial charge on any atom is -0.319 e. The first-order chi connectivity index (χ1) is 12.1. The van der Waals surface area contributed by atoms with Crippen LogP contribution in [0.5, 0.6) is 0 Å². The number of imide groups is 1. The fraction of sp³-hybridized carbons (Fsp3) is 0.400. The molecule has 4 rings (SSSR count). The number of carbonyl (C=O) groups excluding carboxylic acids is 2. The molecule has 5 heteroatoms. The number of fused-ring (bicyclic) bond motifs is 1. The molecule has 2 heterocycles. The summed E-state index contributed by atoms with van der Waals surface area (Å²) in [6, 6.07) is 13.6. The predicted molar refractivity (Wildman–Crippen MR) is 96.1 cm³/mol. The summed E-state index contributed by atoms with van der Waals surface area (Å²) in [5, 5.41) is 5.03. The zero-order valence-corrected chi connectivity index (χ0v) is 14.5. The molecule has 2 fully saturated rings. The Labute approximate surface area is 147 Å². The van der Waals surface area contributed by atoms with E-state index in [2.05, 4.69) is 5.32 Å². The topological polar surface area (TPSA) is 53.9 Å². The summed E-state index contributed by atoms with van der Waals surface area (Å²) < 4.78 is 0. The Morgan fingerprint density at radius 1 is 1.04 bits per heavy atom. The molecule has 25 heavy (non-hydrogen) atoms. The summed E-state index contributed by atoms with van der Waals surface area (Å²) in [6.07, 6.45) is 3.58. The summed E-state index contributed by atoms with van der Waals surface area (Å²) in [5.41, 5.74) is -0.146. The standard InChI is InChI=1S/C20H23N3O2/c1-20(17-11-7-9-15-8-3-4-10-16(15)17)18(24)23(19(25)21-20)14-22-12-5-2-6-13-22/h3-4,7-11H,2,5-6,12-14H2,1H3,(H,21,25)/p+1/t20-/m1/s1. The van der Waals surface area contributed by atoms with Crippen molar-refractivity contribution in [3.05, 3.63) is 48.0 Å². The van der Waals surface area contributed by atoms with Crippen LogP contribution in [0.3, 0.4) is 0 Å². The Balaban J connectivity index is 1.67. The lowest BCUT2D eigenvalue weighted by Gasteiger charge is -2.27. The number of likely N-dealkylation sites (tertiary alicyclic amines) is 1. The van der Waals surface area contributed by atoms with E-state index in [1.807, 2.05) is 49.4 Å². The van der Waals surface area contributed by atoms with Gasteiger partial charge in [0.15, 0.2) is 6.67 Å². The Bertz CT molecular complexity index is 823. The maximum Gasteiger partial charge on any atom is 0.329 e. The normalized spacial score (nSPS) is 24.8. The van der Waals surface area contributed by atoms with E-state index in [4.69, 9.17) is 0 Å². The van der Waals surface area contributed by atoms with Crippen LogP contribution in [0, 0.1) is 0 Å². The smallest absolute Gasteiger partial charge is 0.319 e. The van der Waals surface area contributed by atoms with Crippen LogP contribution in [0.4, 0.5) is 4.79 Å². The summed E-state index contributed by atoms with van der Waals surface area (Å²) in [5.74, 6) is -0.146. The van der Waals surface area contributed by atoms with Crippen molar-refractivity contribution < 1.29 is 14.5 Å². The second kappa shape index (κ2) is 6.15. The number of hydrogen-bond acceptors (Lipinski definition) is 2. The molecule has 130 valence electrons. The summed E-state index contributed by atoms with van der Waals surface area (Å²) in [4.78, 5) is 28.5. The van der Waals surface area contributed by atoms with Crippen LogP contribution in [0.25, 0.3) is 10.8 Å². The van der Waals surface area contributed by atoms with Crippen molar-refractivity contribution >= 4 is 22.7 Å². The fourth-order valence-electron chi connectivity index (χ4n) is 4.12. The van der Waals surface area contributed by atoms with Gasteiger partial charge in [0.1, 0.15) is 5.54 Å². The van der Waals surface area contributed by atoms with Gasteiger partial charge in [-0.3, -0.25) is 4.79 Å². The first kappa shape index (κ1) is 16.1. The van der Waals surface area contributed by atoms with Crippen LogP contribution in [0.15, 0.2) is 42.5 Å². The van der Waals surface area contributed by atoms with E-state index in [1.54, 1.807) is 0 Å². The second-order valence-corrected chi connectivity index (χ2v) is 7.28. The number of benzene rings is 2. The fourth-order valence-corrected chi connectivity index (χ4v) is 4.12. The first-order valence-corrected chi connectivity index (χ1v) is 9.05. The van der Waals surface area contributed by atoms with Gasteiger partial charge in [0.05, 0.1) is 13.1 Å². The molecule has 2 aliphatic heterocycles. The van der Waals surface area contributed by atoms with Crippen molar-refractivity contribution in [2.24, 2.45) is 0 Å². The summed E-state index contributed by atoms with van der Waals surface area (Å²) in [6.45, 7) is 4.34. The highest BCUT2D eigenvalue weighted by Gasteiger charge is 2.50. The van der Waals surface area contributed by atoms with E-state index < -0.39 is 5.54 Å². The third kappa shape index (κ3) is 2.68. The molecular weight excluding hydrogens is 314 g/mol. The minimum absolute atomic E-state index is 0.146. The van der Waals surface area contributed by atoms with Crippen molar-refractivity contribution in [2.45, 2.75) is 31.7 Å². The van der Waals surface area contributed by atoms with Crippen LogP contribution in [-0.4, -0.2) is 36.6 Å². The Kier molecular flexibility index (Phi) is 3.96. The lowest BCUT2D eigenvalue weighted by Crippen LogP contribution is -3.14. The van der Waals surface area contributed by atoms with E-state index >= 15 is 0 Å². The number of quaternary nitrogens is 1. The molecule has 0 spiro atoms. The zero-order valence-electron chi connectivity index (χ0n) is 14.5. The van der Waals surface area contributed by atoms with Crippen molar-refractivity contribution in [3.8, 4) is 0 Å². The van der Waals surface area contributed by atoms with Gasteiger partial charge in [-0.1, -0.05) is 42.5 Å². The molecule has 2 saturated heterocycles. The van der Waals surface area contributed by atoms with Crippen LogP contribution >= 0.6 is 0 Å². The van der Waals surface area contributed by atoms with Crippen molar-refractivity contribution in [1.29, 1.82) is 0 Å². The van der Waals surface area contributed by atoms with E-state index in [0.717, 1.165) is 29.4 Å². The predicted octanol–water partition coefficient (Wildman–Crippen LogP) is 1.63. The number of rotatable bonds is 3. The Morgan fingerprint density at radius 2 is 1.76 bits per heavy atom. The third-order valence-corrected chi connectivity index (χ3v) is 5.55. The first-order valence-electron chi connectivity index (χ1n) is 9.05. The number of nitrogens with zero attached hydrogens (tertiary/aromatic N) is 1. The molecular formula is C20H24N3O2+. The van der Waals surface area contributed by atoms with Gasteiger partial charge in [-0.2, -0.15) is 0 Å². The molecule has 5 nitrogen and oxygen atoms in total. The molecule has 0 saturated carbocycles. The molecule has 2 aromatic rings. The zero-order chi connectivity index (χ0) is 17.4. The molecule has 2 N–H and O–H groups in total. The molecule has 1 atom stereocenters. The van der Waals surface area contributed by atoms with Crippen molar-refractivity contribution in [1.82, 2.24) is 10.2 Å². The van der Waals surface area contributed by atoms with E-state index in [1.165, 1.54) is 29.1 Å². The molecule has 0 unspecified atom stereocenters. The third-order valence-electron chi connectivity index (χ3n) is 5.55. The molecule has 0 radical (unpaired) electrons.